The van der Waals surface area contributed by atoms with Gasteiger partial charge in [-0.2, -0.15) is 5.10 Å². The molecule has 2 aliphatic rings. The number of ether oxygens (including phenoxy) is 1. The molecule has 5 rings (SSSR count). The molecule has 7 nitrogen and oxygen atoms in total. The molecule has 0 amide bonds. The fourth-order valence-corrected chi connectivity index (χ4v) is 5.38. The van der Waals surface area contributed by atoms with Crippen LogP contribution in [0.15, 0.2) is 42.7 Å². The average Bonchev–Trinajstić information content (AvgIpc) is 3.13. The van der Waals surface area contributed by atoms with Crippen molar-refractivity contribution in [2.24, 2.45) is 7.05 Å². The van der Waals surface area contributed by atoms with Gasteiger partial charge >= 0.3 is 0 Å². The van der Waals surface area contributed by atoms with Gasteiger partial charge in [-0.25, -0.2) is 0 Å². The average molecular weight is 420 g/mol. The first-order chi connectivity index (χ1) is 14.8. The molecule has 2 N–H and O–H groups in total. The molecule has 2 bridgehead atoms. The smallest absolute Gasteiger partial charge is 0.233 e. The number of aromatic hydroxyl groups is 1. The van der Waals surface area contributed by atoms with Gasteiger partial charge in [0.05, 0.1) is 11.9 Å². The Morgan fingerprint density at radius 2 is 1.84 bits per heavy atom. The van der Waals surface area contributed by atoms with Gasteiger partial charge < -0.3 is 15.2 Å². The third-order valence-corrected chi connectivity index (χ3v) is 6.66. The molecular formula is C24H29N5O2. The van der Waals surface area contributed by atoms with Crippen molar-refractivity contribution >= 4 is 0 Å². The fourth-order valence-electron chi connectivity index (χ4n) is 5.38. The van der Waals surface area contributed by atoms with E-state index in [2.05, 4.69) is 34.5 Å². The highest BCUT2D eigenvalue weighted by molar-refractivity contribution is 5.73. The van der Waals surface area contributed by atoms with Gasteiger partial charge in [0.1, 0.15) is 11.9 Å². The number of phenolic OH excluding ortho intramolecular Hbond substituents is 1. The van der Waals surface area contributed by atoms with E-state index in [1.165, 1.54) is 19.3 Å². The number of piperidine rings is 2. The minimum Gasteiger partial charge on any atom is -0.507 e. The van der Waals surface area contributed by atoms with Gasteiger partial charge in [-0.3, -0.25) is 4.68 Å². The molecule has 1 aromatic carbocycles. The molecule has 0 saturated carbocycles. The van der Waals surface area contributed by atoms with E-state index in [1.54, 1.807) is 16.9 Å². The zero-order valence-electron chi connectivity index (χ0n) is 18.3. The summed E-state index contributed by atoms with van der Waals surface area (Å²) in [6, 6.07) is 9.24. The van der Waals surface area contributed by atoms with E-state index in [9.17, 15) is 5.11 Å². The molecule has 2 saturated heterocycles. The number of aromatic nitrogens is 4. The molecule has 2 fully saturated rings. The predicted molar refractivity (Wildman–Crippen MR) is 119 cm³/mol. The van der Waals surface area contributed by atoms with Crippen LogP contribution in [0.2, 0.25) is 0 Å². The van der Waals surface area contributed by atoms with E-state index in [-0.39, 0.29) is 22.9 Å². The summed E-state index contributed by atoms with van der Waals surface area (Å²) in [5, 5.41) is 27.2. The molecule has 4 heterocycles. The summed E-state index contributed by atoms with van der Waals surface area (Å²) in [7, 11) is 1.87. The van der Waals surface area contributed by atoms with Crippen LogP contribution in [-0.2, 0) is 7.05 Å². The number of fused-ring (bicyclic) bond motifs is 2. The molecule has 2 aromatic heterocycles. The van der Waals surface area contributed by atoms with Gasteiger partial charge in [0.2, 0.25) is 5.88 Å². The van der Waals surface area contributed by atoms with Crippen LogP contribution < -0.4 is 10.1 Å². The summed E-state index contributed by atoms with van der Waals surface area (Å²) in [5.41, 5.74) is 3.37. The quantitative estimate of drug-likeness (QED) is 0.663. The number of nitrogens with zero attached hydrogens (tertiary/aromatic N) is 4. The number of phenols is 1. The Morgan fingerprint density at radius 3 is 2.45 bits per heavy atom. The Kier molecular flexibility index (Phi) is 4.73. The maximum Gasteiger partial charge on any atom is 0.233 e. The van der Waals surface area contributed by atoms with Crippen LogP contribution in [0.25, 0.3) is 22.4 Å². The van der Waals surface area contributed by atoms with Crippen molar-refractivity contribution in [3.8, 4) is 34.0 Å². The first-order valence-corrected chi connectivity index (χ1v) is 10.9. The first-order valence-electron chi connectivity index (χ1n) is 10.9. The Hall–Kier alpha value is -2.93. The Labute approximate surface area is 182 Å². The highest BCUT2D eigenvalue weighted by atomic mass is 16.5. The van der Waals surface area contributed by atoms with Gasteiger partial charge in [0.15, 0.2) is 0 Å². The summed E-state index contributed by atoms with van der Waals surface area (Å²) in [6.07, 6.45) is 9.40. The summed E-state index contributed by atoms with van der Waals surface area (Å²) in [4.78, 5) is 0. The summed E-state index contributed by atoms with van der Waals surface area (Å²) < 4.78 is 7.97. The second-order valence-corrected chi connectivity index (χ2v) is 9.64. The van der Waals surface area contributed by atoms with Crippen molar-refractivity contribution in [3.05, 3.63) is 42.7 Å². The standard InChI is InChI=1S/C24H29N5O2/c1-23-9-4-10-24(2,28-23)13-18(12-23)31-22-8-7-20(26-27-22)19-6-5-16(11-21(19)30)17-14-25-29(3)15-17/h5-8,11,14-15,18,28,30H,4,9-10,12-13H2,1-3H3/t18?,23-,24+. The molecule has 1 unspecified atom stereocenters. The molecule has 0 spiro atoms. The molecule has 31 heavy (non-hydrogen) atoms. The lowest BCUT2D eigenvalue weighted by Crippen LogP contribution is -2.65. The second kappa shape index (κ2) is 7.34. The lowest BCUT2D eigenvalue weighted by molar-refractivity contribution is 0.00726. The molecule has 3 atom stereocenters. The number of nitrogens with one attached hydrogen (secondary N) is 1. The van der Waals surface area contributed by atoms with Crippen LogP contribution in [0.3, 0.4) is 0 Å². The lowest BCUT2D eigenvalue weighted by atomic mass is 9.70. The number of rotatable bonds is 4. The van der Waals surface area contributed by atoms with Gasteiger partial charge in [0.25, 0.3) is 0 Å². The van der Waals surface area contributed by atoms with Gasteiger partial charge in [-0.1, -0.05) is 6.07 Å². The molecular weight excluding hydrogens is 390 g/mol. The van der Waals surface area contributed by atoms with Crippen molar-refractivity contribution in [1.29, 1.82) is 0 Å². The SMILES string of the molecule is Cn1cc(-c2ccc(-c3ccc(OC4C[C@]5(C)CCC[C@](C)(C4)N5)nn3)c(O)c2)cn1. The Morgan fingerprint density at radius 1 is 1.06 bits per heavy atom. The lowest BCUT2D eigenvalue weighted by Gasteiger charge is -2.53. The third kappa shape index (κ3) is 4.02. The van der Waals surface area contributed by atoms with Crippen LogP contribution in [0, 0.1) is 0 Å². The van der Waals surface area contributed by atoms with Crippen LogP contribution in [-0.4, -0.2) is 42.3 Å². The number of benzene rings is 1. The summed E-state index contributed by atoms with van der Waals surface area (Å²) in [5.74, 6) is 0.698. The Balaban J connectivity index is 1.31. The minimum absolute atomic E-state index is 0.129. The van der Waals surface area contributed by atoms with Crippen LogP contribution in [0.5, 0.6) is 11.6 Å². The third-order valence-electron chi connectivity index (χ3n) is 6.66. The van der Waals surface area contributed by atoms with Gasteiger partial charge in [-0.15, -0.1) is 10.2 Å². The highest BCUT2D eigenvalue weighted by Gasteiger charge is 2.46. The van der Waals surface area contributed by atoms with Crippen LogP contribution >= 0.6 is 0 Å². The van der Waals surface area contributed by atoms with Crippen molar-refractivity contribution in [3.63, 3.8) is 0 Å². The molecule has 0 aliphatic carbocycles. The maximum atomic E-state index is 10.6. The minimum atomic E-state index is 0.129. The van der Waals surface area contributed by atoms with Crippen LogP contribution in [0.4, 0.5) is 0 Å². The molecule has 3 aromatic rings. The van der Waals surface area contributed by atoms with Crippen molar-refractivity contribution in [2.45, 2.75) is 63.1 Å². The second-order valence-electron chi connectivity index (χ2n) is 9.64. The van der Waals surface area contributed by atoms with E-state index < -0.39 is 0 Å². The van der Waals surface area contributed by atoms with Crippen molar-refractivity contribution in [1.82, 2.24) is 25.3 Å². The zero-order valence-corrected chi connectivity index (χ0v) is 18.3. The Bertz CT molecular complexity index is 1080. The van der Waals surface area contributed by atoms with Gasteiger partial charge in [0, 0.05) is 54.4 Å². The number of hydrogen-bond donors (Lipinski definition) is 2. The predicted octanol–water partition coefficient (Wildman–Crippen LogP) is 4.08. The summed E-state index contributed by atoms with van der Waals surface area (Å²) in [6.45, 7) is 4.60. The van der Waals surface area contributed by atoms with E-state index in [4.69, 9.17) is 4.74 Å². The van der Waals surface area contributed by atoms with Crippen molar-refractivity contribution < 1.29 is 9.84 Å². The molecule has 2 aliphatic heterocycles. The monoisotopic (exact) mass is 419 g/mol. The first kappa shape index (κ1) is 20.0. The van der Waals surface area contributed by atoms with E-state index in [0.29, 0.717) is 17.1 Å². The molecule has 7 heteroatoms. The van der Waals surface area contributed by atoms with Crippen LogP contribution in [0.1, 0.15) is 46.0 Å². The van der Waals surface area contributed by atoms with E-state index >= 15 is 0 Å². The summed E-state index contributed by atoms with van der Waals surface area (Å²) >= 11 is 0. The highest BCUT2D eigenvalue weighted by Crippen LogP contribution is 2.41. The van der Waals surface area contributed by atoms with Crippen molar-refractivity contribution in [2.75, 3.05) is 0 Å². The molecule has 0 radical (unpaired) electrons. The van der Waals surface area contributed by atoms with E-state index in [1.807, 2.05) is 37.5 Å². The largest absolute Gasteiger partial charge is 0.507 e. The number of aryl methyl sites for hydroxylation is 1. The van der Waals surface area contributed by atoms with E-state index in [0.717, 1.165) is 24.0 Å². The fraction of sp³-hybridized carbons (Fsp3) is 0.458. The molecule has 162 valence electrons. The normalized spacial score (nSPS) is 27.8. The zero-order chi connectivity index (χ0) is 21.6. The number of hydrogen-bond acceptors (Lipinski definition) is 6. The van der Waals surface area contributed by atoms with Gasteiger partial charge in [-0.05, 0) is 56.9 Å². The topological polar surface area (TPSA) is 85.1 Å². The maximum absolute atomic E-state index is 10.6.